The van der Waals surface area contributed by atoms with Gasteiger partial charge in [-0.25, -0.2) is 13.8 Å². The second-order valence-corrected chi connectivity index (χ2v) is 7.26. The van der Waals surface area contributed by atoms with Crippen LogP contribution in [-0.2, 0) is 11.3 Å². The van der Waals surface area contributed by atoms with E-state index in [1.54, 1.807) is 35.7 Å². The quantitative estimate of drug-likeness (QED) is 0.533. The molecule has 1 amide bonds. The Morgan fingerprint density at radius 3 is 2.60 bits per heavy atom. The van der Waals surface area contributed by atoms with Crippen molar-refractivity contribution in [2.75, 3.05) is 12.4 Å². The van der Waals surface area contributed by atoms with Gasteiger partial charge in [0, 0.05) is 0 Å². The van der Waals surface area contributed by atoms with E-state index in [9.17, 15) is 18.8 Å². The van der Waals surface area contributed by atoms with Gasteiger partial charge in [-0.1, -0.05) is 24.3 Å². The Morgan fingerprint density at radius 1 is 1.10 bits per heavy atom. The van der Waals surface area contributed by atoms with Crippen LogP contribution >= 0.6 is 11.3 Å². The molecule has 0 radical (unpaired) electrons. The predicted octanol–water partition coefficient (Wildman–Crippen LogP) is 3.00. The van der Waals surface area contributed by atoms with Crippen LogP contribution in [0.25, 0.3) is 15.9 Å². The van der Waals surface area contributed by atoms with Crippen molar-refractivity contribution in [1.29, 1.82) is 0 Å². The maximum absolute atomic E-state index is 14.3. The number of halogens is 1. The Labute approximate surface area is 173 Å². The molecular weight excluding hydrogens is 409 g/mol. The van der Waals surface area contributed by atoms with E-state index in [1.807, 2.05) is 0 Å². The third-order valence-corrected chi connectivity index (χ3v) is 5.42. The number of thiophene rings is 1. The number of anilines is 1. The number of methoxy groups -OCH3 is 1. The Bertz CT molecular complexity index is 1370. The lowest BCUT2D eigenvalue weighted by Gasteiger charge is -2.14. The summed E-state index contributed by atoms with van der Waals surface area (Å²) in [6.07, 6.45) is 0. The molecule has 0 bridgehead atoms. The molecule has 0 atom stereocenters. The Balaban J connectivity index is 1.81. The van der Waals surface area contributed by atoms with Gasteiger partial charge in [-0.2, -0.15) is 0 Å². The molecule has 0 aliphatic carbocycles. The minimum Gasteiger partial charge on any atom is -0.495 e. The van der Waals surface area contributed by atoms with E-state index in [1.165, 1.54) is 31.4 Å². The zero-order valence-corrected chi connectivity index (χ0v) is 16.6. The highest BCUT2D eigenvalue weighted by molar-refractivity contribution is 7.17. The molecule has 7 nitrogen and oxygen atoms in total. The summed E-state index contributed by atoms with van der Waals surface area (Å²) < 4.78 is 21.7. The summed E-state index contributed by atoms with van der Waals surface area (Å²) in [6.45, 7) is -0.362. The lowest BCUT2D eigenvalue weighted by molar-refractivity contribution is -0.116. The highest BCUT2D eigenvalue weighted by Gasteiger charge is 2.19. The Morgan fingerprint density at radius 2 is 1.83 bits per heavy atom. The molecule has 4 rings (SSSR count). The number of nitrogens with one attached hydrogen (secondary N) is 1. The molecule has 30 heavy (non-hydrogen) atoms. The van der Waals surface area contributed by atoms with Gasteiger partial charge in [0.25, 0.3) is 5.56 Å². The van der Waals surface area contributed by atoms with Crippen LogP contribution in [0, 0.1) is 5.82 Å². The van der Waals surface area contributed by atoms with Gasteiger partial charge in [-0.05, 0) is 35.7 Å². The van der Waals surface area contributed by atoms with Crippen molar-refractivity contribution in [3.63, 3.8) is 0 Å². The summed E-state index contributed by atoms with van der Waals surface area (Å²) in [5.41, 5.74) is -0.829. The van der Waals surface area contributed by atoms with Crippen LogP contribution in [0.5, 0.6) is 5.75 Å². The molecule has 0 spiro atoms. The molecule has 0 unspecified atom stereocenters. The molecule has 4 aromatic rings. The fourth-order valence-electron chi connectivity index (χ4n) is 3.17. The minimum atomic E-state index is -0.800. The van der Waals surface area contributed by atoms with Gasteiger partial charge in [0.15, 0.2) is 0 Å². The van der Waals surface area contributed by atoms with Crippen molar-refractivity contribution in [1.82, 2.24) is 9.13 Å². The molecule has 0 saturated carbocycles. The SMILES string of the molecule is COc1ccccc1NC(=O)Cn1c(=O)n(-c2ccccc2F)c(=O)c2sccc21. The summed E-state index contributed by atoms with van der Waals surface area (Å²) in [7, 11) is 1.48. The molecule has 0 aliphatic rings. The number of ether oxygens (including phenoxy) is 1. The first-order valence-electron chi connectivity index (χ1n) is 8.92. The predicted molar refractivity (Wildman–Crippen MR) is 113 cm³/mol. The number of para-hydroxylation sites is 3. The van der Waals surface area contributed by atoms with E-state index < -0.39 is 23.0 Å². The summed E-state index contributed by atoms with van der Waals surface area (Å²) in [5.74, 6) is -0.735. The normalized spacial score (nSPS) is 10.9. The van der Waals surface area contributed by atoms with Gasteiger partial charge in [0.1, 0.15) is 22.8 Å². The second kappa shape index (κ2) is 7.96. The van der Waals surface area contributed by atoms with E-state index in [0.29, 0.717) is 17.0 Å². The molecule has 0 aliphatic heterocycles. The number of carbonyl (C=O) groups is 1. The number of fused-ring (bicyclic) bond motifs is 1. The number of carbonyl (C=O) groups excluding carboxylic acids is 1. The average molecular weight is 425 g/mol. The number of hydrogen-bond donors (Lipinski definition) is 1. The topological polar surface area (TPSA) is 82.3 Å². The van der Waals surface area contributed by atoms with Crippen molar-refractivity contribution in [2.24, 2.45) is 0 Å². The zero-order valence-electron chi connectivity index (χ0n) is 15.8. The van der Waals surface area contributed by atoms with Crippen LogP contribution in [0.3, 0.4) is 0 Å². The minimum absolute atomic E-state index is 0.165. The molecule has 1 N–H and O–H groups in total. The van der Waals surface area contributed by atoms with Gasteiger partial charge in [-0.3, -0.25) is 14.2 Å². The van der Waals surface area contributed by atoms with Gasteiger partial charge >= 0.3 is 5.69 Å². The molecule has 9 heteroatoms. The maximum atomic E-state index is 14.3. The number of amides is 1. The van der Waals surface area contributed by atoms with E-state index in [4.69, 9.17) is 4.74 Å². The third kappa shape index (κ3) is 3.39. The second-order valence-electron chi connectivity index (χ2n) is 6.34. The zero-order chi connectivity index (χ0) is 21.3. The van der Waals surface area contributed by atoms with Gasteiger partial charge in [0.2, 0.25) is 5.91 Å². The molecular formula is C21H16FN3O4S. The Kier molecular flexibility index (Phi) is 5.20. The number of benzene rings is 2. The van der Waals surface area contributed by atoms with E-state index in [2.05, 4.69) is 5.32 Å². The van der Waals surface area contributed by atoms with Gasteiger partial charge in [-0.15, -0.1) is 11.3 Å². The molecule has 0 saturated heterocycles. The van der Waals surface area contributed by atoms with Gasteiger partial charge < -0.3 is 10.1 Å². The van der Waals surface area contributed by atoms with Crippen LogP contribution in [-0.4, -0.2) is 22.2 Å². The molecule has 2 aromatic carbocycles. The first-order valence-corrected chi connectivity index (χ1v) is 9.80. The van der Waals surface area contributed by atoms with Crippen molar-refractivity contribution in [2.45, 2.75) is 6.54 Å². The van der Waals surface area contributed by atoms with E-state index in [-0.39, 0.29) is 16.9 Å². The fraction of sp³-hybridized carbons (Fsp3) is 0.0952. The number of aromatic nitrogens is 2. The number of nitrogens with zero attached hydrogens (tertiary/aromatic N) is 2. The Hall–Kier alpha value is -3.72. The maximum Gasteiger partial charge on any atom is 0.336 e. The highest BCUT2D eigenvalue weighted by Crippen LogP contribution is 2.23. The molecule has 0 fully saturated rings. The lowest BCUT2D eigenvalue weighted by Crippen LogP contribution is -2.40. The van der Waals surface area contributed by atoms with E-state index in [0.717, 1.165) is 20.5 Å². The summed E-state index contributed by atoms with van der Waals surface area (Å²) >= 11 is 1.12. The van der Waals surface area contributed by atoms with Crippen molar-refractivity contribution in [3.8, 4) is 11.4 Å². The molecule has 2 aromatic heterocycles. The van der Waals surface area contributed by atoms with Gasteiger partial charge in [0.05, 0.1) is 24.0 Å². The monoisotopic (exact) mass is 425 g/mol. The summed E-state index contributed by atoms with van der Waals surface area (Å²) in [6, 6.07) is 13.9. The van der Waals surface area contributed by atoms with E-state index >= 15 is 0 Å². The van der Waals surface area contributed by atoms with Crippen molar-refractivity contribution < 1.29 is 13.9 Å². The summed E-state index contributed by atoms with van der Waals surface area (Å²) in [4.78, 5) is 38.7. The van der Waals surface area contributed by atoms with Crippen molar-refractivity contribution >= 4 is 33.1 Å². The van der Waals surface area contributed by atoms with Crippen molar-refractivity contribution in [3.05, 3.63) is 86.6 Å². The van der Waals surface area contributed by atoms with Crippen LogP contribution in [0.1, 0.15) is 0 Å². The standard InChI is InChI=1S/C21H16FN3O4S/c1-29-17-9-5-3-7-14(17)23-18(26)12-24-16-10-11-30-19(16)20(27)25(21(24)28)15-8-4-2-6-13(15)22/h2-11H,12H2,1H3,(H,23,26). The largest absolute Gasteiger partial charge is 0.495 e. The third-order valence-electron chi connectivity index (χ3n) is 4.53. The smallest absolute Gasteiger partial charge is 0.336 e. The average Bonchev–Trinajstić information content (AvgIpc) is 3.23. The fourth-order valence-corrected chi connectivity index (χ4v) is 3.99. The van der Waals surface area contributed by atoms with Crippen LogP contribution < -0.4 is 21.3 Å². The number of rotatable bonds is 5. The van der Waals surface area contributed by atoms with Crippen LogP contribution in [0.15, 0.2) is 69.6 Å². The van der Waals surface area contributed by atoms with Crippen LogP contribution in [0.4, 0.5) is 10.1 Å². The van der Waals surface area contributed by atoms with Crippen LogP contribution in [0.2, 0.25) is 0 Å². The first kappa shape index (κ1) is 19.6. The lowest BCUT2D eigenvalue weighted by atomic mass is 10.3. The molecule has 2 heterocycles. The first-order chi connectivity index (χ1) is 14.5. The highest BCUT2D eigenvalue weighted by atomic mass is 32.1. The summed E-state index contributed by atoms with van der Waals surface area (Å²) in [5, 5.41) is 4.34. The number of hydrogen-bond acceptors (Lipinski definition) is 5. The molecule has 152 valence electrons.